The van der Waals surface area contributed by atoms with Gasteiger partial charge >= 0.3 is 0 Å². The van der Waals surface area contributed by atoms with Crippen molar-refractivity contribution in [2.24, 2.45) is 0 Å². The number of piperidine rings is 1. The third-order valence-corrected chi connectivity index (χ3v) is 4.63. The van der Waals surface area contributed by atoms with Gasteiger partial charge in [-0.05, 0) is 43.6 Å². The van der Waals surface area contributed by atoms with Crippen LogP contribution in [0.15, 0.2) is 24.3 Å². The smallest absolute Gasteiger partial charge is 0.234 e. The summed E-state index contributed by atoms with van der Waals surface area (Å²) in [6, 6.07) is 7.79. The summed E-state index contributed by atoms with van der Waals surface area (Å²) < 4.78 is 5.09. The second-order valence-electron chi connectivity index (χ2n) is 4.94. The third kappa shape index (κ3) is 5.15. The number of anilines is 1. The number of benzene rings is 1. The van der Waals surface area contributed by atoms with Gasteiger partial charge in [-0.15, -0.1) is 11.8 Å². The number of thioether (sulfide) groups is 1. The molecule has 1 amide bonds. The summed E-state index contributed by atoms with van der Waals surface area (Å²) in [7, 11) is 1.67. The van der Waals surface area contributed by atoms with Gasteiger partial charge in [0.05, 0.1) is 12.4 Å². The first-order valence-electron chi connectivity index (χ1n) is 6.98. The first-order valence-corrected chi connectivity index (χ1v) is 8.03. The zero-order valence-corrected chi connectivity index (χ0v) is 12.7. The monoisotopic (exact) mass is 294 g/mol. The van der Waals surface area contributed by atoms with E-state index in [2.05, 4.69) is 10.6 Å². The number of rotatable bonds is 6. The Bertz CT molecular complexity index is 434. The Morgan fingerprint density at radius 1 is 1.45 bits per heavy atom. The molecule has 0 saturated carbocycles. The molecule has 1 aromatic rings. The van der Waals surface area contributed by atoms with Gasteiger partial charge in [-0.2, -0.15) is 0 Å². The van der Waals surface area contributed by atoms with Gasteiger partial charge in [0.2, 0.25) is 5.91 Å². The van der Waals surface area contributed by atoms with Crippen molar-refractivity contribution in [2.75, 3.05) is 31.3 Å². The van der Waals surface area contributed by atoms with Crippen molar-refractivity contribution >= 4 is 23.4 Å². The molecule has 5 heteroatoms. The maximum atomic E-state index is 11.9. The van der Waals surface area contributed by atoms with Gasteiger partial charge in [0.15, 0.2) is 0 Å². The second-order valence-corrected chi connectivity index (χ2v) is 6.23. The number of methoxy groups -OCH3 is 1. The van der Waals surface area contributed by atoms with Crippen molar-refractivity contribution < 1.29 is 9.53 Å². The zero-order chi connectivity index (χ0) is 14.2. The van der Waals surface area contributed by atoms with Crippen LogP contribution >= 0.6 is 11.8 Å². The standard InChI is InChI=1S/C15H22N2O2S/c1-19-10-12-3-2-4-13(9-12)17-15(18)11-20-14-5-7-16-8-6-14/h2-4,9,14,16H,5-8,10-11H2,1H3,(H,17,18). The van der Waals surface area contributed by atoms with E-state index in [4.69, 9.17) is 4.74 Å². The Hall–Kier alpha value is -1.04. The van der Waals surface area contributed by atoms with E-state index in [9.17, 15) is 4.79 Å². The van der Waals surface area contributed by atoms with Gasteiger partial charge in [0, 0.05) is 18.0 Å². The highest BCUT2D eigenvalue weighted by atomic mass is 32.2. The minimum absolute atomic E-state index is 0.0723. The number of amides is 1. The average Bonchev–Trinajstić information content (AvgIpc) is 2.47. The quantitative estimate of drug-likeness (QED) is 0.845. The minimum Gasteiger partial charge on any atom is -0.380 e. The third-order valence-electron chi connectivity index (χ3n) is 3.26. The van der Waals surface area contributed by atoms with Crippen molar-refractivity contribution in [1.82, 2.24) is 5.32 Å². The summed E-state index contributed by atoms with van der Waals surface area (Å²) in [5.74, 6) is 0.599. The molecule has 0 aromatic heterocycles. The van der Waals surface area contributed by atoms with Crippen molar-refractivity contribution in [3.05, 3.63) is 29.8 Å². The fourth-order valence-corrected chi connectivity index (χ4v) is 3.29. The van der Waals surface area contributed by atoms with E-state index in [0.717, 1.165) is 37.2 Å². The molecule has 2 rings (SSSR count). The van der Waals surface area contributed by atoms with E-state index in [-0.39, 0.29) is 5.91 Å². The highest BCUT2D eigenvalue weighted by molar-refractivity contribution is 8.00. The molecule has 1 heterocycles. The normalized spacial score (nSPS) is 16.1. The Morgan fingerprint density at radius 2 is 2.25 bits per heavy atom. The molecule has 1 fully saturated rings. The summed E-state index contributed by atoms with van der Waals surface area (Å²) >= 11 is 1.76. The lowest BCUT2D eigenvalue weighted by molar-refractivity contribution is -0.113. The predicted molar refractivity (Wildman–Crippen MR) is 84.1 cm³/mol. The molecule has 2 N–H and O–H groups in total. The lowest BCUT2D eigenvalue weighted by Crippen LogP contribution is -2.30. The van der Waals surface area contributed by atoms with Gasteiger partial charge < -0.3 is 15.4 Å². The molecule has 0 unspecified atom stereocenters. The van der Waals surface area contributed by atoms with Crippen LogP contribution in [-0.2, 0) is 16.1 Å². The van der Waals surface area contributed by atoms with E-state index in [1.54, 1.807) is 18.9 Å². The van der Waals surface area contributed by atoms with Crippen LogP contribution in [0.2, 0.25) is 0 Å². The fraction of sp³-hybridized carbons (Fsp3) is 0.533. The number of carbonyl (C=O) groups excluding carboxylic acids is 1. The van der Waals surface area contributed by atoms with Crippen LogP contribution < -0.4 is 10.6 Å². The number of carbonyl (C=O) groups is 1. The van der Waals surface area contributed by atoms with E-state index < -0.39 is 0 Å². The van der Waals surface area contributed by atoms with Crippen LogP contribution in [0.5, 0.6) is 0 Å². The van der Waals surface area contributed by atoms with Crippen LogP contribution in [0, 0.1) is 0 Å². The van der Waals surface area contributed by atoms with Crippen molar-refractivity contribution in [3.8, 4) is 0 Å². The van der Waals surface area contributed by atoms with Crippen molar-refractivity contribution in [2.45, 2.75) is 24.7 Å². The van der Waals surface area contributed by atoms with E-state index in [1.807, 2.05) is 24.3 Å². The fourth-order valence-electron chi connectivity index (χ4n) is 2.26. The van der Waals surface area contributed by atoms with Gasteiger partial charge in [-0.25, -0.2) is 0 Å². The highest BCUT2D eigenvalue weighted by Gasteiger charge is 2.14. The number of ether oxygens (including phenoxy) is 1. The maximum Gasteiger partial charge on any atom is 0.234 e. The second kappa shape index (κ2) is 8.29. The summed E-state index contributed by atoms with van der Waals surface area (Å²) in [5.41, 5.74) is 1.91. The summed E-state index contributed by atoms with van der Waals surface area (Å²) in [6.45, 7) is 2.70. The Labute approximate surface area is 124 Å². The summed E-state index contributed by atoms with van der Waals surface area (Å²) in [5, 5.41) is 6.90. The number of hydrogen-bond acceptors (Lipinski definition) is 4. The highest BCUT2D eigenvalue weighted by Crippen LogP contribution is 2.20. The molecular formula is C15H22N2O2S. The van der Waals surface area contributed by atoms with Crippen LogP contribution in [0.1, 0.15) is 18.4 Å². The predicted octanol–water partition coefficient (Wildman–Crippen LogP) is 2.26. The lowest BCUT2D eigenvalue weighted by atomic mass is 10.2. The lowest BCUT2D eigenvalue weighted by Gasteiger charge is -2.21. The molecule has 1 aromatic carbocycles. The number of hydrogen-bond donors (Lipinski definition) is 2. The van der Waals surface area contributed by atoms with Gasteiger partial charge in [0.25, 0.3) is 0 Å². The van der Waals surface area contributed by atoms with Gasteiger partial charge in [-0.3, -0.25) is 4.79 Å². The summed E-state index contributed by atoms with van der Waals surface area (Å²) in [6.07, 6.45) is 2.31. The molecule has 0 aliphatic carbocycles. The molecule has 1 aliphatic heterocycles. The molecule has 1 saturated heterocycles. The Balaban J connectivity index is 1.77. The summed E-state index contributed by atoms with van der Waals surface area (Å²) in [4.78, 5) is 11.9. The Morgan fingerprint density at radius 3 is 3.00 bits per heavy atom. The number of nitrogens with one attached hydrogen (secondary N) is 2. The molecule has 20 heavy (non-hydrogen) atoms. The maximum absolute atomic E-state index is 11.9. The van der Waals surface area contributed by atoms with Crippen LogP contribution in [-0.4, -0.2) is 37.1 Å². The molecule has 4 nitrogen and oxygen atoms in total. The SMILES string of the molecule is COCc1cccc(NC(=O)CSC2CCNCC2)c1. The molecule has 1 aliphatic rings. The van der Waals surface area contributed by atoms with Crippen LogP contribution in [0.3, 0.4) is 0 Å². The van der Waals surface area contributed by atoms with Crippen molar-refractivity contribution in [3.63, 3.8) is 0 Å². The van der Waals surface area contributed by atoms with E-state index in [0.29, 0.717) is 17.6 Å². The van der Waals surface area contributed by atoms with E-state index >= 15 is 0 Å². The molecule has 0 atom stereocenters. The first-order chi connectivity index (χ1) is 9.78. The van der Waals surface area contributed by atoms with Crippen LogP contribution in [0.4, 0.5) is 5.69 Å². The van der Waals surface area contributed by atoms with Crippen LogP contribution in [0.25, 0.3) is 0 Å². The largest absolute Gasteiger partial charge is 0.380 e. The minimum atomic E-state index is 0.0723. The Kier molecular flexibility index (Phi) is 6.36. The van der Waals surface area contributed by atoms with Gasteiger partial charge in [0.1, 0.15) is 0 Å². The van der Waals surface area contributed by atoms with E-state index in [1.165, 1.54) is 0 Å². The molecular weight excluding hydrogens is 272 g/mol. The van der Waals surface area contributed by atoms with Gasteiger partial charge in [-0.1, -0.05) is 12.1 Å². The molecule has 0 bridgehead atoms. The molecule has 0 radical (unpaired) electrons. The topological polar surface area (TPSA) is 50.4 Å². The first kappa shape index (κ1) is 15.4. The average molecular weight is 294 g/mol. The van der Waals surface area contributed by atoms with Crippen molar-refractivity contribution in [1.29, 1.82) is 0 Å². The molecule has 110 valence electrons. The molecule has 0 spiro atoms. The zero-order valence-electron chi connectivity index (χ0n) is 11.9.